The Hall–Kier alpha value is -1.30. The maximum atomic E-state index is 5.59. The molecule has 0 aromatic carbocycles. The highest BCUT2D eigenvalue weighted by atomic mass is 32.1. The molecule has 0 bridgehead atoms. The van der Waals surface area contributed by atoms with Gasteiger partial charge in [-0.05, 0) is 31.5 Å². The van der Waals surface area contributed by atoms with Crippen molar-refractivity contribution in [1.29, 1.82) is 0 Å². The SMILES string of the molecule is CC(C)(NCc1ccnc(CN)c1)c1nccs1. The van der Waals surface area contributed by atoms with Crippen LogP contribution in [0, 0.1) is 0 Å². The van der Waals surface area contributed by atoms with Gasteiger partial charge in [0.05, 0.1) is 11.2 Å². The van der Waals surface area contributed by atoms with Crippen molar-refractivity contribution in [2.75, 3.05) is 0 Å². The molecule has 0 atom stereocenters. The van der Waals surface area contributed by atoms with E-state index in [0.717, 1.165) is 17.2 Å². The average molecular weight is 262 g/mol. The highest BCUT2D eigenvalue weighted by molar-refractivity contribution is 7.09. The third-order valence-corrected chi connectivity index (χ3v) is 3.89. The lowest BCUT2D eigenvalue weighted by atomic mass is 10.1. The maximum Gasteiger partial charge on any atom is 0.112 e. The van der Waals surface area contributed by atoms with Crippen molar-refractivity contribution >= 4 is 11.3 Å². The van der Waals surface area contributed by atoms with E-state index in [2.05, 4.69) is 29.1 Å². The molecule has 2 aromatic heterocycles. The Balaban J connectivity index is 2.02. The van der Waals surface area contributed by atoms with E-state index in [0.29, 0.717) is 6.54 Å². The summed E-state index contributed by atoms with van der Waals surface area (Å²) < 4.78 is 0. The van der Waals surface area contributed by atoms with Crippen molar-refractivity contribution in [2.45, 2.75) is 32.5 Å². The molecule has 0 saturated carbocycles. The first kappa shape index (κ1) is 13.1. The third-order valence-electron chi connectivity index (χ3n) is 2.79. The van der Waals surface area contributed by atoms with Gasteiger partial charge in [0, 0.05) is 30.9 Å². The summed E-state index contributed by atoms with van der Waals surface area (Å²) in [5, 5.41) is 6.60. The molecule has 0 radical (unpaired) electrons. The van der Waals surface area contributed by atoms with Crippen molar-refractivity contribution in [3.63, 3.8) is 0 Å². The summed E-state index contributed by atoms with van der Waals surface area (Å²) in [6.45, 7) is 5.53. The summed E-state index contributed by atoms with van der Waals surface area (Å²) in [4.78, 5) is 8.55. The fraction of sp³-hybridized carbons (Fsp3) is 0.385. The maximum absolute atomic E-state index is 5.59. The van der Waals surface area contributed by atoms with Crippen LogP contribution in [0.15, 0.2) is 29.9 Å². The summed E-state index contributed by atoms with van der Waals surface area (Å²) in [6, 6.07) is 4.04. The fourth-order valence-corrected chi connectivity index (χ4v) is 2.42. The summed E-state index contributed by atoms with van der Waals surface area (Å²) in [5.74, 6) is 0. The average Bonchev–Trinajstić information content (AvgIpc) is 2.91. The second-order valence-electron chi connectivity index (χ2n) is 4.68. The van der Waals surface area contributed by atoms with Gasteiger partial charge >= 0.3 is 0 Å². The number of nitrogens with one attached hydrogen (secondary N) is 1. The Morgan fingerprint density at radius 2 is 2.17 bits per heavy atom. The molecule has 0 aliphatic rings. The second kappa shape index (κ2) is 5.56. The van der Waals surface area contributed by atoms with Crippen molar-refractivity contribution in [1.82, 2.24) is 15.3 Å². The van der Waals surface area contributed by atoms with E-state index >= 15 is 0 Å². The molecule has 0 saturated heterocycles. The molecular weight excluding hydrogens is 244 g/mol. The molecule has 0 unspecified atom stereocenters. The highest BCUT2D eigenvalue weighted by Crippen LogP contribution is 2.22. The molecule has 0 fully saturated rings. The van der Waals surface area contributed by atoms with Gasteiger partial charge in [-0.1, -0.05) is 0 Å². The number of hydrogen-bond donors (Lipinski definition) is 2. The summed E-state index contributed by atoms with van der Waals surface area (Å²) in [6.07, 6.45) is 3.64. The van der Waals surface area contributed by atoms with Crippen LogP contribution >= 0.6 is 11.3 Å². The lowest BCUT2D eigenvalue weighted by Crippen LogP contribution is -2.35. The molecule has 2 heterocycles. The van der Waals surface area contributed by atoms with E-state index in [-0.39, 0.29) is 5.54 Å². The molecule has 96 valence electrons. The number of pyridine rings is 1. The van der Waals surface area contributed by atoms with E-state index in [1.807, 2.05) is 23.7 Å². The molecule has 4 nitrogen and oxygen atoms in total. The van der Waals surface area contributed by atoms with Crippen LogP contribution in [0.25, 0.3) is 0 Å². The van der Waals surface area contributed by atoms with Crippen LogP contribution in [0.1, 0.15) is 30.1 Å². The van der Waals surface area contributed by atoms with Crippen LogP contribution in [-0.2, 0) is 18.6 Å². The molecular formula is C13H18N4S. The largest absolute Gasteiger partial charge is 0.325 e. The molecule has 5 heteroatoms. The number of nitrogens with zero attached hydrogens (tertiary/aromatic N) is 2. The molecule has 2 rings (SSSR count). The van der Waals surface area contributed by atoms with Gasteiger partial charge in [-0.15, -0.1) is 11.3 Å². The van der Waals surface area contributed by atoms with E-state index < -0.39 is 0 Å². The number of hydrogen-bond acceptors (Lipinski definition) is 5. The van der Waals surface area contributed by atoms with Crippen LogP contribution < -0.4 is 11.1 Å². The van der Waals surface area contributed by atoms with Crippen molar-refractivity contribution < 1.29 is 0 Å². The highest BCUT2D eigenvalue weighted by Gasteiger charge is 2.22. The molecule has 3 N–H and O–H groups in total. The fourth-order valence-electron chi connectivity index (χ4n) is 1.68. The molecule has 0 amide bonds. The minimum Gasteiger partial charge on any atom is -0.325 e. The van der Waals surface area contributed by atoms with Crippen molar-refractivity contribution in [3.05, 3.63) is 46.2 Å². The van der Waals surface area contributed by atoms with Gasteiger partial charge in [-0.2, -0.15) is 0 Å². The van der Waals surface area contributed by atoms with Crippen LogP contribution in [0.2, 0.25) is 0 Å². The van der Waals surface area contributed by atoms with Crippen molar-refractivity contribution in [2.24, 2.45) is 5.73 Å². The van der Waals surface area contributed by atoms with Gasteiger partial charge in [0.15, 0.2) is 0 Å². The lowest BCUT2D eigenvalue weighted by Gasteiger charge is -2.24. The first-order valence-corrected chi connectivity index (χ1v) is 6.78. The van der Waals surface area contributed by atoms with Crippen LogP contribution in [-0.4, -0.2) is 9.97 Å². The normalized spacial score (nSPS) is 11.7. The van der Waals surface area contributed by atoms with E-state index in [1.165, 1.54) is 5.56 Å². The minimum absolute atomic E-state index is 0.125. The zero-order valence-electron chi connectivity index (χ0n) is 10.7. The molecule has 0 aliphatic heterocycles. The Bertz CT molecular complexity index is 493. The van der Waals surface area contributed by atoms with E-state index in [4.69, 9.17) is 5.73 Å². The molecule has 18 heavy (non-hydrogen) atoms. The quantitative estimate of drug-likeness (QED) is 0.865. The zero-order valence-corrected chi connectivity index (χ0v) is 11.5. The van der Waals surface area contributed by atoms with Crippen LogP contribution in [0.5, 0.6) is 0 Å². The Kier molecular flexibility index (Phi) is 4.06. The van der Waals surface area contributed by atoms with Gasteiger partial charge in [-0.25, -0.2) is 4.98 Å². The van der Waals surface area contributed by atoms with E-state index in [9.17, 15) is 0 Å². The zero-order chi connectivity index (χ0) is 13.0. The summed E-state index contributed by atoms with van der Waals surface area (Å²) in [7, 11) is 0. The predicted molar refractivity (Wildman–Crippen MR) is 74.1 cm³/mol. The van der Waals surface area contributed by atoms with E-state index in [1.54, 1.807) is 17.5 Å². The smallest absolute Gasteiger partial charge is 0.112 e. The summed E-state index contributed by atoms with van der Waals surface area (Å²) >= 11 is 1.67. The Morgan fingerprint density at radius 3 is 2.83 bits per heavy atom. The van der Waals surface area contributed by atoms with Gasteiger partial charge in [0.1, 0.15) is 5.01 Å². The Morgan fingerprint density at radius 1 is 1.33 bits per heavy atom. The third kappa shape index (κ3) is 3.13. The predicted octanol–water partition coefficient (Wildman–Crippen LogP) is 2.02. The number of aromatic nitrogens is 2. The van der Waals surface area contributed by atoms with Gasteiger partial charge < -0.3 is 11.1 Å². The standard InChI is InChI=1S/C13H18N4S/c1-13(2,12-16-5-6-18-12)17-9-10-3-4-15-11(7-10)8-14/h3-7,17H,8-9,14H2,1-2H3. The van der Waals surface area contributed by atoms with Gasteiger partial charge in [-0.3, -0.25) is 4.98 Å². The Labute approximate surface area is 111 Å². The molecule has 0 spiro atoms. The van der Waals surface area contributed by atoms with Crippen LogP contribution in [0.3, 0.4) is 0 Å². The number of rotatable bonds is 5. The second-order valence-corrected chi connectivity index (χ2v) is 5.57. The first-order chi connectivity index (χ1) is 8.62. The number of thiazole rings is 1. The number of nitrogens with two attached hydrogens (primary N) is 1. The molecule has 0 aliphatic carbocycles. The topological polar surface area (TPSA) is 63.8 Å². The van der Waals surface area contributed by atoms with Gasteiger partial charge in [0.25, 0.3) is 0 Å². The van der Waals surface area contributed by atoms with Crippen molar-refractivity contribution in [3.8, 4) is 0 Å². The summed E-state index contributed by atoms with van der Waals surface area (Å²) in [5.41, 5.74) is 7.57. The first-order valence-electron chi connectivity index (χ1n) is 5.91. The lowest BCUT2D eigenvalue weighted by molar-refractivity contribution is 0.399. The van der Waals surface area contributed by atoms with Gasteiger partial charge in [0.2, 0.25) is 0 Å². The monoisotopic (exact) mass is 262 g/mol. The minimum atomic E-state index is -0.125. The van der Waals surface area contributed by atoms with Crippen LogP contribution in [0.4, 0.5) is 0 Å². The molecule has 2 aromatic rings.